The van der Waals surface area contributed by atoms with Gasteiger partial charge < -0.3 is 15.0 Å². The van der Waals surface area contributed by atoms with Gasteiger partial charge in [-0.25, -0.2) is 13.8 Å². The fraction of sp³-hybridized carbons (Fsp3) is 0.188. The third kappa shape index (κ3) is 6.70. The Balaban J connectivity index is 1.15. The molecular formula is C32H25F2N5O4. The third-order valence-electron chi connectivity index (χ3n) is 7.11. The van der Waals surface area contributed by atoms with Crippen LogP contribution in [0.5, 0.6) is 11.6 Å². The first-order chi connectivity index (χ1) is 20.7. The van der Waals surface area contributed by atoms with Crippen LogP contribution >= 0.6 is 0 Å². The Morgan fingerprint density at radius 1 is 1.00 bits per heavy atom. The van der Waals surface area contributed by atoms with Gasteiger partial charge in [0.2, 0.25) is 5.88 Å². The molecule has 3 heterocycles. The Labute approximate surface area is 245 Å². The van der Waals surface area contributed by atoms with Gasteiger partial charge in [-0.3, -0.25) is 19.4 Å². The van der Waals surface area contributed by atoms with Gasteiger partial charge in [0, 0.05) is 37.3 Å². The van der Waals surface area contributed by atoms with Crippen LogP contribution in [-0.2, 0) is 0 Å². The number of anilines is 1. The Kier molecular flexibility index (Phi) is 8.48. The van der Waals surface area contributed by atoms with Crippen LogP contribution < -0.4 is 10.1 Å². The Morgan fingerprint density at radius 3 is 2.37 bits per heavy atom. The number of ether oxygens (including phenoxy) is 1. The number of halogens is 2. The molecule has 4 aromatic rings. The number of likely N-dealkylation sites (tertiary alicyclic amines) is 1. The number of ketones is 1. The molecule has 5 rings (SSSR count). The molecule has 0 aliphatic carbocycles. The number of hydrogen-bond acceptors (Lipinski definition) is 7. The SMILES string of the molecule is Cc1nc(Oc2ccc(C#N)cc2)ccc1NC(=O)c1ccc(C(=O)N2CCC(C(=O)c3ccc(F)cc3F)CC2)nc1. The zero-order valence-corrected chi connectivity index (χ0v) is 23.0. The molecular weight excluding hydrogens is 556 g/mol. The van der Waals surface area contributed by atoms with E-state index in [9.17, 15) is 23.2 Å². The molecule has 43 heavy (non-hydrogen) atoms. The van der Waals surface area contributed by atoms with Gasteiger partial charge in [-0.15, -0.1) is 0 Å². The lowest BCUT2D eigenvalue weighted by Crippen LogP contribution is -2.40. The van der Waals surface area contributed by atoms with Crippen LogP contribution in [0.15, 0.2) is 72.9 Å². The van der Waals surface area contributed by atoms with Gasteiger partial charge in [-0.2, -0.15) is 5.26 Å². The number of benzene rings is 2. The maximum absolute atomic E-state index is 14.0. The second-order valence-corrected chi connectivity index (χ2v) is 9.96. The number of nitriles is 1. The van der Waals surface area contributed by atoms with Gasteiger partial charge in [0.25, 0.3) is 11.8 Å². The molecule has 1 fully saturated rings. The minimum atomic E-state index is -0.894. The topological polar surface area (TPSA) is 125 Å². The highest BCUT2D eigenvalue weighted by atomic mass is 19.1. The minimum Gasteiger partial charge on any atom is -0.439 e. The van der Waals surface area contributed by atoms with Crippen molar-refractivity contribution >= 4 is 23.3 Å². The summed E-state index contributed by atoms with van der Waals surface area (Å²) in [6, 6.07) is 17.7. The average Bonchev–Trinajstić information content (AvgIpc) is 3.02. The van der Waals surface area contributed by atoms with Crippen molar-refractivity contribution in [2.45, 2.75) is 19.8 Å². The highest BCUT2D eigenvalue weighted by Gasteiger charge is 2.30. The van der Waals surface area contributed by atoms with E-state index in [0.717, 1.165) is 12.1 Å². The van der Waals surface area contributed by atoms with E-state index in [-0.39, 0.29) is 35.8 Å². The van der Waals surface area contributed by atoms with Crippen molar-refractivity contribution in [3.63, 3.8) is 0 Å². The van der Waals surface area contributed by atoms with Crippen LogP contribution in [-0.4, -0.2) is 45.6 Å². The first kappa shape index (κ1) is 29.0. The summed E-state index contributed by atoms with van der Waals surface area (Å²) in [4.78, 5) is 48.6. The van der Waals surface area contributed by atoms with Gasteiger partial charge in [-0.05, 0) is 74.4 Å². The van der Waals surface area contributed by atoms with E-state index in [4.69, 9.17) is 10.00 Å². The summed E-state index contributed by atoms with van der Waals surface area (Å²) in [7, 11) is 0. The van der Waals surface area contributed by atoms with Gasteiger partial charge in [-0.1, -0.05) is 0 Å². The molecule has 0 bridgehead atoms. The quantitative estimate of drug-likeness (QED) is 0.277. The first-order valence-corrected chi connectivity index (χ1v) is 13.4. The number of piperidine rings is 1. The Morgan fingerprint density at radius 2 is 1.74 bits per heavy atom. The number of Topliss-reactive ketones (excluding diaryl/α,β-unsaturated/α-hetero) is 1. The lowest BCUT2D eigenvalue weighted by atomic mass is 9.88. The number of pyridine rings is 2. The first-order valence-electron chi connectivity index (χ1n) is 13.4. The molecule has 0 atom stereocenters. The number of nitrogens with zero attached hydrogens (tertiary/aromatic N) is 4. The lowest BCUT2D eigenvalue weighted by Gasteiger charge is -2.31. The molecule has 1 saturated heterocycles. The van der Waals surface area contributed by atoms with E-state index in [1.54, 1.807) is 48.2 Å². The summed E-state index contributed by atoms with van der Waals surface area (Å²) in [5, 5.41) is 11.7. The van der Waals surface area contributed by atoms with Crippen molar-refractivity contribution in [3.05, 3.63) is 113 Å². The zero-order chi connectivity index (χ0) is 30.5. The predicted molar refractivity (Wildman–Crippen MR) is 152 cm³/mol. The van der Waals surface area contributed by atoms with Crippen molar-refractivity contribution < 1.29 is 27.9 Å². The summed E-state index contributed by atoms with van der Waals surface area (Å²) < 4.78 is 32.9. The Hall–Kier alpha value is -5.50. The van der Waals surface area contributed by atoms with Crippen LogP contribution in [0.2, 0.25) is 0 Å². The van der Waals surface area contributed by atoms with Crippen molar-refractivity contribution in [2.75, 3.05) is 18.4 Å². The normalized spacial score (nSPS) is 13.2. The number of carbonyl (C=O) groups excluding carboxylic acids is 3. The molecule has 1 N–H and O–H groups in total. The van der Waals surface area contributed by atoms with Gasteiger partial charge >= 0.3 is 0 Å². The van der Waals surface area contributed by atoms with E-state index in [1.165, 1.54) is 18.3 Å². The largest absolute Gasteiger partial charge is 0.439 e. The molecule has 1 aliphatic heterocycles. The van der Waals surface area contributed by atoms with E-state index in [2.05, 4.69) is 15.3 Å². The molecule has 9 nitrogen and oxygen atoms in total. The maximum atomic E-state index is 14.0. The number of carbonyl (C=O) groups is 3. The number of nitrogens with one attached hydrogen (secondary N) is 1. The minimum absolute atomic E-state index is 0.146. The number of aromatic nitrogens is 2. The van der Waals surface area contributed by atoms with Crippen molar-refractivity contribution in [1.29, 1.82) is 5.26 Å². The Bertz CT molecular complexity index is 1730. The molecule has 2 aromatic heterocycles. The fourth-order valence-electron chi connectivity index (χ4n) is 4.71. The zero-order valence-electron chi connectivity index (χ0n) is 23.0. The second kappa shape index (κ2) is 12.6. The monoisotopic (exact) mass is 581 g/mol. The van der Waals surface area contributed by atoms with E-state index in [0.29, 0.717) is 47.5 Å². The third-order valence-corrected chi connectivity index (χ3v) is 7.11. The van der Waals surface area contributed by atoms with E-state index in [1.807, 2.05) is 6.07 Å². The van der Waals surface area contributed by atoms with Gasteiger partial charge in [0.1, 0.15) is 23.1 Å². The number of aryl methyl sites for hydroxylation is 1. The van der Waals surface area contributed by atoms with Gasteiger partial charge in [0.15, 0.2) is 5.78 Å². The van der Waals surface area contributed by atoms with Crippen LogP contribution in [0, 0.1) is 35.8 Å². The predicted octanol–water partition coefficient (Wildman–Crippen LogP) is 5.71. The molecule has 0 radical (unpaired) electrons. The fourth-order valence-corrected chi connectivity index (χ4v) is 4.71. The highest BCUT2D eigenvalue weighted by Crippen LogP contribution is 2.26. The smallest absolute Gasteiger partial charge is 0.272 e. The molecule has 2 aromatic carbocycles. The molecule has 0 unspecified atom stereocenters. The molecule has 216 valence electrons. The summed E-state index contributed by atoms with van der Waals surface area (Å²) >= 11 is 0. The summed E-state index contributed by atoms with van der Waals surface area (Å²) in [5.41, 5.74) is 1.73. The average molecular weight is 582 g/mol. The second-order valence-electron chi connectivity index (χ2n) is 9.96. The maximum Gasteiger partial charge on any atom is 0.272 e. The number of hydrogen-bond donors (Lipinski definition) is 1. The van der Waals surface area contributed by atoms with Crippen molar-refractivity contribution in [1.82, 2.24) is 14.9 Å². The highest BCUT2D eigenvalue weighted by molar-refractivity contribution is 6.05. The van der Waals surface area contributed by atoms with E-state index < -0.39 is 29.2 Å². The standard InChI is InChI=1S/C32H25F2N5O4/c1-19-27(10-11-29(37-19)43-24-6-2-20(17-35)3-7-24)38-31(41)22-4-9-28(36-18-22)32(42)39-14-12-21(13-15-39)30(40)25-8-5-23(33)16-26(25)34/h2-11,16,18,21H,12-15H2,1H3,(H,38,41). The van der Waals surface area contributed by atoms with Crippen molar-refractivity contribution in [3.8, 4) is 17.7 Å². The lowest BCUT2D eigenvalue weighted by molar-refractivity contribution is 0.0644. The van der Waals surface area contributed by atoms with Crippen molar-refractivity contribution in [2.24, 2.45) is 5.92 Å². The number of rotatable bonds is 7. The molecule has 0 spiro atoms. The molecule has 2 amide bonds. The molecule has 1 aliphatic rings. The summed E-state index contributed by atoms with van der Waals surface area (Å²) in [5.74, 6) is -2.47. The van der Waals surface area contributed by atoms with Crippen LogP contribution in [0.25, 0.3) is 0 Å². The summed E-state index contributed by atoms with van der Waals surface area (Å²) in [6.45, 7) is 2.27. The number of amides is 2. The molecule has 0 saturated carbocycles. The van der Waals surface area contributed by atoms with E-state index >= 15 is 0 Å². The van der Waals surface area contributed by atoms with Crippen LogP contribution in [0.3, 0.4) is 0 Å². The van der Waals surface area contributed by atoms with Crippen LogP contribution in [0.1, 0.15) is 55.3 Å². The van der Waals surface area contributed by atoms with Gasteiger partial charge in [0.05, 0.1) is 34.1 Å². The summed E-state index contributed by atoms with van der Waals surface area (Å²) in [6.07, 6.45) is 1.99. The molecule has 11 heteroatoms. The van der Waals surface area contributed by atoms with Crippen LogP contribution in [0.4, 0.5) is 14.5 Å².